The minimum absolute atomic E-state index is 0.155. The number of nitrogens with zero attached hydrogens (tertiary/aromatic N) is 1. The predicted octanol–water partition coefficient (Wildman–Crippen LogP) is 0.458. The summed E-state index contributed by atoms with van der Waals surface area (Å²) in [4.78, 5) is 15.1. The fraction of sp³-hybridized carbons (Fsp3) is 0.500. The van der Waals surface area contributed by atoms with Gasteiger partial charge in [0.05, 0.1) is 7.11 Å². The highest BCUT2D eigenvalue weighted by molar-refractivity contribution is 5.78. The fourth-order valence-corrected chi connectivity index (χ4v) is 1.86. The van der Waals surface area contributed by atoms with Crippen molar-refractivity contribution in [2.24, 2.45) is 0 Å². The number of pyridine rings is 1. The van der Waals surface area contributed by atoms with Crippen LogP contribution in [0.1, 0.15) is 18.4 Å². The molecule has 1 aliphatic heterocycles. The Balaban J connectivity index is 1.72. The molecule has 5 nitrogen and oxygen atoms in total. The van der Waals surface area contributed by atoms with Crippen LogP contribution in [-0.2, 0) is 11.3 Å². The largest absolute Gasteiger partial charge is 0.481 e. The van der Waals surface area contributed by atoms with E-state index in [1.807, 2.05) is 12.1 Å². The Morgan fingerprint density at radius 2 is 2.47 bits per heavy atom. The third-order valence-electron chi connectivity index (χ3n) is 2.81. The van der Waals surface area contributed by atoms with Crippen molar-refractivity contribution in [2.75, 3.05) is 13.7 Å². The summed E-state index contributed by atoms with van der Waals surface area (Å²) in [5.74, 6) is 0.778. The van der Waals surface area contributed by atoms with Gasteiger partial charge in [-0.05, 0) is 12.0 Å². The molecule has 1 aromatic rings. The quantitative estimate of drug-likeness (QED) is 0.778. The third kappa shape index (κ3) is 3.42. The summed E-state index contributed by atoms with van der Waals surface area (Å²) in [6, 6.07) is 4.09. The standard InChI is InChI=1S/C12H17N3O2/c1-17-12-5-2-9(7-14-12)6-13-8-10-3-4-11(16)15-10/h2,5,7,10,13H,3-4,6,8H2,1H3,(H,15,16). The van der Waals surface area contributed by atoms with Crippen LogP contribution in [0.2, 0.25) is 0 Å². The topological polar surface area (TPSA) is 63.2 Å². The number of rotatable bonds is 5. The Kier molecular flexibility index (Phi) is 3.93. The maximum atomic E-state index is 11.0. The van der Waals surface area contributed by atoms with Gasteiger partial charge in [-0.25, -0.2) is 4.98 Å². The van der Waals surface area contributed by atoms with E-state index in [2.05, 4.69) is 15.6 Å². The maximum Gasteiger partial charge on any atom is 0.220 e. The number of nitrogens with one attached hydrogen (secondary N) is 2. The van der Waals surface area contributed by atoms with Gasteiger partial charge in [0.15, 0.2) is 0 Å². The number of amides is 1. The summed E-state index contributed by atoms with van der Waals surface area (Å²) >= 11 is 0. The lowest BCUT2D eigenvalue weighted by atomic mass is 10.2. The zero-order valence-corrected chi connectivity index (χ0v) is 9.90. The normalized spacial score (nSPS) is 19.1. The minimum Gasteiger partial charge on any atom is -0.481 e. The molecule has 5 heteroatoms. The Labute approximate surface area is 101 Å². The predicted molar refractivity (Wildman–Crippen MR) is 63.7 cm³/mol. The SMILES string of the molecule is COc1ccc(CNCC2CCC(=O)N2)cn1. The maximum absolute atomic E-state index is 11.0. The molecular formula is C12H17N3O2. The molecule has 0 saturated carbocycles. The Hall–Kier alpha value is -1.62. The van der Waals surface area contributed by atoms with E-state index in [1.54, 1.807) is 13.3 Å². The van der Waals surface area contributed by atoms with Crippen molar-refractivity contribution in [3.05, 3.63) is 23.9 Å². The molecule has 1 saturated heterocycles. The van der Waals surface area contributed by atoms with Crippen LogP contribution in [0.15, 0.2) is 18.3 Å². The molecule has 2 N–H and O–H groups in total. The second kappa shape index (κ2) is 5.63. The van der Waals surface area contributed by atoms with Crippen LogP contribution in [-0.4, -0.2) is 30.6 Å². The molecule has 1 unspecified atom stereocenters. The number of carbonyl (C=O) groups is 1. The first-order valence-electron chi connectivity index (χ1n) is 5.77. The number of aromatic nitrogens is 1. The summed E-state index contributed by atoms with van der Waals surface area (Å²) in [6.07, 6.45) is 3.36. The summed E-state index contributed by atoms with van der Waals surface area (Å²) in [6.45, 7) is 1.56. The van der Waals surface area contributed by atoms with Gasteiger partial charge >= 0.3 is 0 Å². The van der Waals surface area contributed by atoms with Gasteiger partial charge in [0.1, 0.15) is 0 Å². The molecule has 1 aromatic heterocycles. The van der Waals surface area contributed by atoms with Gasteiger partial charge in [-0.1, -0.05) is 6.07 Å². The summed E-state index contributed by atoms with van der Waals surface area (Å²) in [7, 11) is 1.60. The summed E-state index contributed by atoms with van der Waals surface area (Å²) < 4.78 is 4.99. The minimum atomic E-state index is 0.155. The molecule has 2 heterocycles. The van der Waals surface area contributed by atoms with E-state index < -0.39 is 0 Å². The summed E-state index contributed by atoms with van der Waals surface area (Å²) in [5, 5.41) is 6.23. The van der Waals surface area contributed by atoms with Gasteiger partial charge in [0.2, 0.25) is 11.8 Å². The van der Waals surface area contributed by atoms with Crippen molar-refractivity contribution in [3.63, 3.8) is 0 Å². The van der Waals surface area contributed by atoms with Gasteiger partial charge in [-0.2, -0.15) is 0 Å². The number of methoxy groups -OCH3 is 1. The Morgan fingerprint density at radius 1 is 1.59 bits per heavy atom. The van der Waals surface area contributed by atoms with Crippen LogP contribution in [0.25, 0.3) is 0 Å². The van der Waals surface area contributed by atoms with Crippen LogP contribution < -0.4 is 15.4 Å². The van der Waals surface area contributed by atoms with Crippen LogP contribution in [0.3, 0.4) is 0 Å². The van der Waals surface area contributed by atoms with Crippen LogP contribution in [0, 0.1) is 0 Å². The highest BCUT2D eigenvalue weighted by atomic mass is 16.5. The molecule has 2 rings (SSSR count). The van der Waals surface area contributed by atoms with E-state index in [4.69, 9.17) is 4.74 Å². The van der Waals surface area contributed by atoms with Crippen LogP contribution >= 0.6 is 0 Å². The summed E-state index contributed by atoms with van der Waals surface area (Å²) in [5.41, 5.74) is 1.11. The van der Waals surface area contributed by atoms with Crippen molar-refractivity contribution >= 4 is 5.91 Å². The first-order valence-corrected chi connectivity index (χ1v) is 5.77. The zero-order chi connectivity index (χ0) is 12.1. The average molecular weight is 235 g/mol. The molecule has 1 fully saturated rings. The molecular weight excluding hydrogens is 218 g/mol. The first-order chi connectivity index (χ1) is 8.28. The lowest BCUT2D eigenvalue weighted by Gasteiger charge is -2.11. The molecule has 17 heavy (non-hydrogen) atoms. The Morgan fingerprint density at radius 3 is 3.06 bits per heavy atom. The van der Waals surface area contributed by atoms with Crippen molar-refractivity contribution < 1.29 is 9.53 Å². The number of hydrogen-bond donors (Lipinski definition) is 2. The van der Waals surface area contributed by atoms with E-state index in [0.717, 1.165) is 25.1 Å². The fourth-order valence-electron chi connectivity index (χ4n) is 1.86. The average Bonchev–Trinajstić information content (AvgIpc) is 2.76. The highest BCUT2D eigenvalue weighted by Gasteiger charge is 2.19. The molecule has 0 spiro atoms. The van der Waals surface area contributed by atoms with Crippen LogP contribution in [0.5, 0.6) is 5.88 Å². The van der Waals surface area contributed by atoms with E-state index in [9.17, 15) is 4.79 Å². The zero-order valence-electron chi connectivity index (χ0n) is 9.90. The number of ether oxygens (including phenoxy) is 1. The molecule has 92 valence electrons. The van der Waals surface area contributed by atoms with E-state index in [0.29, 0.717) is 12.3 Å². The van der Waals surface area contributed by atoms with Crippen molar-refractivity contribution in [1.29, 1.82) is 0 Å². The molecule has 1 aliphatic rings. The lowest BCUT2D eigenvalue weighted by molar-refractivity contribution is -0.119. The van der Waals surface area contributed by atoms with Crippen molar-refractivity contribution in [1.82, 2.24) is 15.6 Å². The van der Waals surface area contributed by atoms with Gasteiger partial charge in [-0.15, -0.1) is 0 Å². The molecule has 0 radical (unpaired) electrons. The first kappa shape index (κ1) is 11.9. The molecule has 0 aliphatic carbocycles. The second-order valence-electron chi connectivity index (χ2n) is 4.14. The smallest absolute Gasteiger partial charge is 0.220 e. The van der Waals surface area contributed by atoms with Crippen molar-refractivity contribution in [3.8, 4) is 5.88 Å². The monoisotopic (exact) mass is 235 g/mol. The van der Waals surface area contributed by atoms with Crippen molar-refractivity contribution in [2.45, 2.75) is 25.4 Å². The number of hydrogen-bond acceptors (Lipinski definition) is 4. The Bertz CT molecular complexity index is 378. The van der Waals surface area contributed by atoms with Gasteiger partial charge in [0, 0.05) is 37.8 Å². The van der Waals surface area contributed by atoms with Gasteiger partial charge < -0.3 is 15.4 Å². The van der Waals surface area contributed by atoms with Gasteiger partial charge in [-0.3, -0.25) is 4.79 Å². The van der Waals surface area contributed by atoms with Gasteiger partial charge in [0.25, 0.3) is 0 Å². The van der Waals surface area contributed by atoms with E-state index >= 15 is 0 Å². The molecule has 1 amide bonds. The third-order valence-corrected chi connectivity index (χ3v) is 2.81. The number of carbonyl (C=O) groups excluding carboxylic acids is 1. The lowest BCUT2D eigenvalue weighted by Crippen LogP contribution is -2.35. The second-order valence-corrected chi connectivity index (χ2v) is 4.14. The van der Waals surface area contributed by atoms with E-state index in [-0.39, 0.29) is 11.9 Å². The molecule has 0 bridgehead atoms. The molecule has 1 atom stereocenters. The van der Waals surface area contributed by atoms with E-state index in [1.165, 1.54) is 0 Å². The highest BCUT2D eigenvalue weighted by Crippen LogP contribution is 2.07. The van der Waals surface area contributed by atoms with Crippen LogP contribution in [0.4, 0.5) is 0 Å². The molecule has 0 aromatic carbocycles.